The Morgan fingerprint density at radius 3 is 2.17 bits per heavy atom. The quantitative estimate of drug-likeness (QED) is 0.201. The van der Waals surface area contributed by atoms with Crippen LogP contribution in [0.2, 0.25) is 15.1 Å². The minimum atomic E-state index is -1.25. The molecule has 0 radical (unpaired) electrons. The SMILES string of the molecule is CC(=O)NCCCCCNC(=O)c1cc(NCC(=O)C2C(c3cc(Cl)cc(Cl)c3)C2(Cl)Cl)ccc1Cl. The lowest BCUT2D eigenvalue weighted by Crippen LogP contribution is -2.25. The Labute approximate surface area is 235 Å². The number of benzene rings is 2. The van der Waals surface area contributed by atoms with Crippen LogP contribution in [0.1, 0.15) is 48.0 Å². The van der Waals surface area contributed by atoms with Gasteiger partial charge in [0, 0.05) is 41.7 Å². The molecular formula is C25H26Cl5N3O3. The predicted molar refractivity (Wildman–Crippen MR) is 147 cm³/mol. The zero-order valence-corrected chi connectivity index (χ0v) is 23.3. The van der Waals surface area contributed by atoms with Crippen molar-refractivity contribution in [3.05, 3.63) is 62.6 Å². The Hall–Kier alpha value is -1.70. The van der Waals surface area contributed by atoms with Crippen LogP contribution in [0.25, 0.3) is 0 Å². The lowest BCUT2D eigenvalue weighted by Gasteiger charge is -2.11. The molecule has 0 spiro atoms. The minimum absolute atomic E-state index is 0.0341. The number of carbonyl (C=O) groups is 3. The number of ketones is 1. The summed E-state index contributed by atoms with van der Waals surface area (Å²) in [5, 5.41) is 9.79. The Bertz CT molecular complexity index is 1120. The fourth-order valence-electron chi connectivity index (χ4n) is 3.99. The standard InChI is InChI=1S/C25H26Cl5N3O3/c1-14(34)31-7-3-2-4-8-32-24(36)19-12-18(5-6-20(19)28)33-13-21(35)23-22(25(23,29)30)15-9-16(26)11-17(27)10-15/h5-6,9-12,22-23,33H,2-4,7-8,13H2,1H3,(H,31,34)(H,32,36). The fourth-order valence-corrected chi connectivity index (χ4v) is 5.61. The van der Waals surface area contributed by atoms with Crippen molar-refractivity contribution in [2.24, 2.45) is 5.92 Å². The van der Waals surface area contributed by atoms with Crippen LogP contribution >= 0.6 is 58.0 Å². The topological polar surface area (TPSA) is 87.3 Å². The average molecular weight is 594 g/mol. The largest absolute Gasteiger partial charge is 0.378 e. The second-order valence-corrected chi connectivity index (χ2v) is 11.4. The van der Waals surface area contributed by atoms with Crippen molar-refractivity contribution in [3.8, 4) is 0 Å². The van der Waals surface area contributed by atoms with E-state index in [1.807, 2.05) is 0 Å². The third-order valence-corrected chi connectivity index (χ3v) is 7.54. The van der Waals surface area contributed by atoms with Crippen molar-refractivity contribution in [3.63, 3.8) is 0 Å². The van der Waals surface area contributed by atoms with E-state index >= 15 is 0 Å². The molecule has 0 heterocycles. The van der Waals surface area contributed by atoms with E-state index in [4.69, 9.17) is 58.0 Å². The first-order chi connectivity index (χ1) is 17.0. The predicted octanol–water partition coefficient (Wildman–Crippen LogP) is 6.25. The number of unbranched alkanes of at least 4 members (excludes halogenated alkanes) is 2. The van der Waals surface area contributed by atoms with Crippen LogP contribution in [0.5, 0.6) is 0 Å². The van der Waals surface area contributed by atoms with Crippen molar-refractivity contribution >= 4 is 81.3 Å². The number of halogens is 5. The van der Waals surface area contributed by atoms with E-state index in [1.54, 1.807) is 36.4 Å². The lowest BCUT2D eigenvalue weighted by atomic mass is 10.1. The Morgan fingerprint density at radius 2 is 1.53 bits per heavy atom. The van der Waals surface area contributed by atoms with Gasteiger partial charge in [-0.15, -0.1) is 23.2 Å². The Kier molecular flexibility index (Phi) is 10.2. The number of carbonyl (C=O) groups excluding carboxylic acids is 3. The second-order valence-electron chi connectivity index (χ2n) is 8.65. The van der Waals surface area contributed by atoms with Gasteiger partial charge in [-0.05, 0) is 61.2 Å². The van der Waals surface area contributed by atoms with Gasteiger partial charge in [0.1, 0.15) is 4.33 Å². The molecule has 2 amide bonds. The number of rotatable bonds is 12. The van der Waals surface area contributed by atoms with Gasteiger partial charge in [0.25, 0.3) is 5.91 Å². The summed E-state index contributed by atoms with van der Waals surface area (Å²) < 4.78 is -1.25. The minimum Gasteiger partial charge on any atom is -0.378 e. The maximum absolute atomic E-state index is 12.9. The number of alkyl halides is 2. The highest BCUT2D eigenvalue weighted by molar-refractivity contribution is 6.53. The summed E-state index contributed by atoms with van der Waals surface area (Å²) >= 11 is 31.2. The molecule has 2 unspecified atom stereocenters. The molecule has 2 atom stereocenters. The van der Waals surface area contributed by atoms with Gasteiger partial charge in [0.15, 0.2) is 5.78 Å². The van der Waals surface area contributed by atoms with Gasteiger partial charge in [-0.3, -0.25) is 14.4 Å². The number of Topliss-reactive ketones (excluding diaryl/α,β-unsaturated/α-hetero) is 1. The summed E-state index contributed by atoms with van der Waals surface area (Å²) in [6.07, 6.45) is 2.47. The first-order valence-corrected chi connectivity index (χ1v) is 13.3. The molecule has 36 heavy (non-hydrogen) atoms. The molecule has 0 aliphatic heterocycles. The van der Waals surface area contributed by atoms with Gasteiger partial charge in [-0.2, -0.15) is 0 Å². The smallest absolute Gasteiger partial charge is 0.252 e. The van der Waals surface area contributed by atoms with Gasteiger partial charge < -0.3 is 16.0 Å². The molecule has 0 saturated heterocycles. The first kappa shape index (κ1) is 28.9. The summed E-state index contributed by atoms with van der Waals surface area (Å²) in [7, 11) is 0. The summed E-state index contributed by atoms with van der Waals surface area (Å²) in [6.45, 7) is 2.54. The summed E-state index contributed by atoms with van der Waals surface area (Å²) in [4.78, 5) is 36.3. The summed E-state index contributed by atoms with van der Waals surface area (Å²) in [5.74, 6) is -1.58. The number of amides is 2. The molecule has 1 saturated carbocycles. The second kappa shape index (κ2) is 12.7. The monoisotopic (exact) mass is 591 g/mol. The van der Waals surface area contributed by atoms with Crippen LogP contribution in [0, 0.1) is 5.92 Å². The highest BCUT2D eigenvalue weighted by Crippen LogP contribution is 2.65. The van der Waals surface area contributed by atoms with Crippen LogP contribution in [-0.4, -0.2) is 41.6 Å². The molecule has 11 heteroatoms. The third-order valence-electron chi connectivity index (χ3n) is 5.84. The van der Waals surface area contributed by atoms with E-state index in [2.05, 4.69) is 16.0 Å². The molecule has 194 valence electrons. The molecule has 1 aliphatic rings. The van der Waals surface area contributed by atoms with Gasteiger partial charge in [0.05, 0.1) is 23.0 Å². The number of hydrogen-bond donors (Lipinski definition) is 3. The van der Waals surface area contributed by atoms with E-state index in [9.17, 15) is 14.4 Å². The van der Waals surface area contributed by atoms with Crippen molar-refractivity contribution in [2.75, 3.05) is 25.0 Å². The summed E-state index contributed by atoms with van der Waals surface area (Å²) in [5.41, 5.74) is 1.57. The molecule has 2 aromatic rings. The maximum Gasteiger partial charge on any atom is 0.252 e. The summed E-state index contributed by atoms with van der Waals surface area (Å²) in [6, 6.07) is 9.87. The average Bonchev–Trinajstić information content (AvgIpc) is 3.38. The Morgan fingerprint density at radius 1 is 0.889 bits per heavy atom. The van der Waals surface area contributed by atoms with E-state index in [0.717, 1.165) is 19.3 Å². The van der Waals surface area contributed by atoms with Gasteiger partial charge in [-0.1, -0.05) is 34.8 Å². The third kappa shape index (κ3) is 7.65. The van der Waals surface area contributed by atoms with Crippen molar-refractivity contribution in [1.82, 2.24) is 10.6 Å². The van der Waals surface area contributed by atoms with E-state index in [-0.39, 0.29) is 24.1 Å². The normalized spacial score (nSPS) is 17.8. The zero-order chi connectivity index (χ0) is 26.5. The molecule has 3 rings (SSSR count). The lowest BCUT2D eigenvalue weighted by molar-refractivity contribution is -0.119. The van der Waals surface area contributed by atoms with Crippen LogP contribution in [0.3, 0.4) is 0 Å². The molecular weight excluding hydrogens is 568 g/mol. The van der Waals surface area contributed by atoms with Crippen LogP contribution < -0.4 is 16.0 Å². The fraction of sp³-hybridized carbons (Fsp3) is 0.400. The molecule has 1 fully saturated rings. The van der Waals surface area contributed by atoms with E-state index in [0.29, 0.717) is 45.0 Å². The maximum atomic E-state index is 12.9. The molecule has 1 aliphatic carbocycles. The number of anilines is 1. The molecule has 0 bridgehead atoms. The van der Waals surface area contributed by atoms with Crippen molar-refractivity contribution < 1.29 is 14.4 Å². The van der Waals surface area contributed by atoms with Crippen molar-refractivity contribution in [2.45, 2.75) is 36.4 Å². The van der Waals surface area contributed by atoms with Crippen LogP contribution in [0.4, 0.5) is 5.69 Å². The Balaban J connectivity index is 1.52. The van der Waals surface area contributed by atoms with Crippen LogP contribution in [-0.2, 0) is 9.59 Å². The van der Waals surface area contributed by atoms with E-state index in [1.165, 1.54) is 6.92 Å². The number of hydrogen-bond acceptors (Lipinski definition) is 4. The van der Waals surface area contributed by atoms with Gasteiger partial charge in [-0.25, -0.2) is 0 Å². The first-order valence-electron chi connectivity index (χ1n) is 11.4. The molecule has 2 aromatic carbocycles. The van der Waals surface area contributed by atoms with Gasteiger partial charge >= 0.3 is 0 Å². The van der Waals surface area contributed by atoms with Gasteiger partial charge in [0.2, 0.25) is 5.91 Å². The number of nitrogens with one attached hydrogen (secondary N) is 3. The van der Waals surface area contributed by atoms with Crippen LogP contribution in [0.15, 0.2) is 36.4 Å². The highest BCUT2D eigenvalue weighted by Gasteiger charge is 2.67. The molecule has 6 nitrogen and oxygen atoms in total. The zero-order valence-electron chi connectivity index (χ0n) is 19.5. The molecule has 0 aromatic heterocycles. The highest BCUT2D eigenvalue weighted by atomic mass is 35.5. The molecule has 3 N–H and O–H groups in total. The van der Waals surface area contributed by atoms with Crippen molar-refractivity contribution in [1.29, 1.82) is 0 Å². The van der Waals surface area contributed by atoms with E-state index < -0.39 is 16.2 Å².